The van der Waals surface area contributed by atoms with Gasteiger partial charge in [0, 0.05) is 13.1 Å². The van der Waals surface area contributed by atoms with Crippen LogP contribution in [-0.2, 0) is 10.2 Å². The van der Waals surface area contributed by atoms with E-state index in [2.05, 4.69) is 36.1 Å². The van der Waals surface area contributed by atoms with Crippen molar-refractivity contribution >= 4 is 5.91 Å². The number of rotatable bonds is 2. The molecule has 0 N–H and O–H groups in total. The highest BCUT2D eigenvalue weighted by Crippen LogP contribution is 2.45. The summed E-state index contributed by atoms with van der Waals surface area (Å²) in [6, 6.07) is 8.60. The van der Waals surface area contributed by atoms with E-state index >= 15 is 0 Å². The lowest BCUT2D eigenvalue weighted by Crippen LogP contribution is -2.52. The zero-order valence-electron chi connectivity index (χ0n) is 11.8. The van der Waals surface area contributed by atoms with E-state index in [9.17, 15) is 4.79 Å². The van der Waals surface area contributed by atoms with Gasteiger partial charge in [0.05, 0.1) is 5.41 Å². The van der Waals surface area contributed by atoms with Crippen LogP contribution >= 0.6 is 0 Å². The highest BCUT2D eigenvalue weighted by atomic mass is 16.2. The number of hydrogen-bond donors (Lipinski definition) is 0. The number of piperidine rings is 1. The molecule has 0 unspecified atom stereocenters. The Morgan fingerprint density at radius 3 is 2.16 bits per heavy atom. The molecule has 2 nitrogen and oxygen atoms in total. The molecule has 1 aromatic carbocycles. The number of carbonyl (C=O) groups is 1. The van der Waals surface area contributed by atoms with Crippen molar-refractivity contribution in [3.63, 3.8) is 0 Å². The molecular weight excluding hydrogens is 234 g/mol. The van der Waals surface area contributed by atoms with Gasteiger partial charge in [0.1, 0.15) is 0 Å². The Hall–Kier alpha value is -1.31. The predicted molar refractivity (Wildman–Crippen MR) is 77.1 cm³/mol. The molecule has 0 bridgehead atoms. The summed E-state index contributed by atoms with van der Waals surface area (Å²) in [5.74, 6) is 0.391. The maximum Gasteiger partial charge on any atom is 0.233 e. The second kappa shape index (κ2) is 4.99. The van der Waals surface area contributed by atoms with Gasteiger partial charge in [0.15, 0.2) is 0 Å². The van der Waals surface area contributed by atoms with E-state index in [0.717, 1.165) is 25.9 Å². The molecule has 1 aromatic rings. The van der Waals surface area contributed by atoms with Gasteiger partial charge in [0.2, 0.25) is 5.91 Å². The second-order valence-electron chi connectivity index (χ2n) is 6.15. The number of benzene rings is 1. The maximum absolute atomic E-state index is 12.9. The lowest BCUT2D eigenvalue weighted by atomic mass is 9.63. The van der Waals surface area contributed by atoms with E-state index in [4.69, 9.17) is 0 Å². The Labute approximate surface area is 115 Å². The van der Waals surface area contributed by atoms with Gasteiger partial charge >= 0.3 is 0 Å². The molecule has 1 amide bonds. The third-order valence-electron chi connectivity index (χ3n) is 4.86. The van der Waals surface area contributed by atoms with Crippen LogP contribution in [0.2, 0.25) is 0 Å². The summed E-state index contributed by atoms with van der Waals surface area (Å²) in [6.45, 7) is 4.03. The predicted octanol–water partition coefficient (Wildman–Crippen LogP) is 3.43. The Morgan fingerprint density at radius 1 is 1.00 bits per heavy atom. The molecule has 3 rings (SSSR count). The summed E-state index contributed by atoms with van der Waals surface area (Å²) in [5, 5.41) is 0. The third-order valence-corrected chi connectivity index (χ3v) is 4.86. The number of carbonyl (C=O) groups excluding carboxylic acids is 1. The van der Waals surface area contributed by atoms with Gasteiger partial charge in [-0.25, -0.2) is 0 Å². The molecule has 1 aliphatic carbocycles. The van der Waals surface area contributed by atoms with Crippen LogP contribution in [0.5, 0.6) is 0 Å². The molecule has 19 heavy (non-hydrogen) atoms. The standard InChI is InChI=1S/C17H23NO/c1-14-6-8-15(9-7-14)17(10-5-11-17)16(19)18-12-3-2-4-13-18/h6-9H,2-5,10-13H2,1H3. The van der Waals surface area contributed by atoms with Crippen molar-refractivity contribution in [1.29, 1.82) is 0 Å². The fourth-order valence-corrected chi connectivity index (χ4v) is 3.43. The molecule has 2 fully saturated rings. The second-order valence-corrected chi connectivity index (χ2v) is 6.15. The largest absolute Gasteiger partial charge is 0.342 e. The number of aryl methyl sites for hydroxylation is 1. The molecule has 0 spiro atoms. The summed E-state index contributed by atoms with van der Waals surface area (Å²) in [4.78, 5) is 15.0. The fraction of sp³-hybridized carbons (Fsp3) is 0.588. The van der Waals surface area contributed by atoms with Gasteiger partial charge in [-0.15, -0.1) is 0 Å². The van der Waals surface area contributed by atoms with Crippen molar-refractivity contribution < 1.29 is 4.79 Å². The van der Waals surface area contributed by atoms with Gasteiger partial charge in [-0.2, -0.15) is 0 Å². The number of likely N-dealkylation sites (tertiary alicyclic amines) is 1. The topological polar surface area (TPSA) is 20.3 Å². The Balaban J connectivity index is 1.85. The van der Waals surface area contributed by atoms with Crippen LogP contribution in [0.25, 0.3) is 0 Å². The van der Waals surface area contributed by atoms with Crippen LogP contribution in [0.15, 0.2) is 24.3 Å². The van der Waals surface area contributed by atoms with Crippen LogP contribution in [0.3, 0.4) is 0 Å². The molecule has 102 valence electrons. The van der Waals surface area contributed by atoms with Gasteiger partial charge in [-0.05, 0) is 44.6 Å². The van der Waals surface area contributed by atoms with Gasteiger partial charge in [-0.1, -0.05) is 36.2 Å². The summed E-state index contributed by atoms with van der Waals surface area (Å²) >= 11 is 0. The van der Waals surface area contributed by atoms with Crippen molar-refractivity contribution in [1.82, 2.24) is 4.90 Å². The minimum atomic E-state index is -0.189. The van der Waals surface area contributed by atoms with E-state index in [1.165, 1.54) is 36.8 Å². The molecule has 1 heterocycles. The van der Waals surface area contributed by atoms with Crippen molar-refractivity contribution in [3.8, 4) is 0 Å². The summed E-state index contributed by atoms with van der Waals surface area (Å²) in [5.41, 5.74) is 2.31. The third kappa shape index (κ3) is 2.18. The number of amides is 1. The average molecular weight is 257 g/mol. The molecule has 1 saturated carbocycles. The van der Waals surface area contributed by atoms with E-state index in [1.54, 1.807) is 0 Å². The van der Waals surface area contributed by atoms with Crippen LogP contribution in [0.1, 0.15) is 49.7 Å². The Bertz CT molecular complexity index is 453. The van der Waals surface area contributed by atoms with Crippen LogP contribution in [0, 0.1) is 6.92 Å². The van der Waals surface area contributed by atoms with Gasteiger partial charge in [-0.3, -0.25) is 4.79 Å². The zero-order valence-corrected chi connectivity index (χ0v) is 11.8. The first-order chi connectivity index (χ1) is 9.22. The summed E-state index contributed by atoms with van der Waals surface area (Å²) in [7, 11) is 0. The molecule has 1 saturated heterocycles. The first kappa shape index (κ1) is 12.7. The van der Waals surface area contributed by atoms with Crippen molar-refractivity contribution in [3.05, 3.63) is 35.4 Å². The molecule has 0 radical (unpaired) electrons. The first-order valence-corrected chi connectivity index (χ1v) is 7.59. The molecular formula is C17H23NO. The van der Waals surface area contributed by atoms with Crippen LogP contribution in [-0.4, -0.2) is 23.9 Å². The lowest BCUT2D eigenvalue weighted by Gasteiger charge is -2.45. The van der Waals surface area contributed by atoms with Gasteiger partial charge in [0.25, 0.3) is 0 Å². The first-order valence-electron chi connectivity index (χ1n) is 7.59. The highest BCUT2D eigenvalue weighted by Gasteiger charge is 2.47. The van der Waals surface area contributed by atoms with Crippen molar-refractivity contribution in [2.75, 3.05) is 13.1 Å². The quantitative estimate of drug-likeness (QED) is 0.795. The van der Waals surface area contributed by atoms with Crippen LogP contribution < -0.4 is 0 Å². The van der Waals surface area contributed by atoms with E-state index in [1.807, 2.05) is 0 Å². The Kier molecular flexibility index (Phi) is 3.34. The molecule has 2 aliphatic rings. The molecule has 2 heteroatoms. The van der Waals surface area contributed by atoms with E-state index < -0.39 is 0 Å². The normalized spacial score (nSPS) is 21.8. The highest BCUT2D eigenvalue weighted by molar-refractivity contribution is 5.89. The van der Waals surface area contributed by atoms with E-state index in [0.29, 0.717) is 5.91 Å². The minimum absolute atomic E-state index is 0.189. The summed E-state index contributed by atoms with van der Waals surface area (Å²) < 4.78 is 0. The summed E-state index contributed by atoms with van der Waals surface area (Å²) in [6.07, 6.45) is 6.89. The molecule has 0 atom stereocenters. The van der Waals surface area contributed by atoms with Gasteiger partial charge < -0.3 is 4.90 Å². The SMILES string of the molecule is Cc1ccc(C2(C(=O)N3CCCCC3)CCC2)cc1. The smallest absolute Gasteiger partial charge is 0.233 e. The maximum atomic E-state index is 12.9. The number of hydrogen-bond acceptors (Lipinski definition) is 1. The zero-order chi connectivity index (χ0) is 13.3. The van der Waals surface area contributed by atoms with Crippen LogP contribution in [0.4, 0.5) is 0 Å². The molecule has 0 aromatic heterocycles. The lowest BCUT2D eigenvalue weighted by molar-refractivity contribution is -0.141. The minimum Gasteiger partial charge on any atom is -0.342 e. The van der Waals surface area contributed by atoms with Crippen molar-refractivity contribution in [2.24, 2.45) is 0 Å². The number of nitrogens with zero attached hydrogens (tertiary/aromatic N) is 1. The van der Waals surface area contributed by atoms with Crippen molar-refractivity contribution in [2.45, 2.75) is 50.9 Å². The Morgan fingerprint density at radius 2 is 1.63 bits per heavy atom. The monoisotopic (exact) mass is 257 g/mol. The fourth-order valence-electron chi connectivity index (χ4n) is 3.43. The average Bonchev–Trinajstić information content (AvgIpc) is 2.40. The van der Waals surface area contributed by atoms with E-state index in [-0.39, 0.29) is 5.41 Å². The molecule has 1 aliphatic heterocycles.